The summed E-state index contributed by atoms with van der Waals surface area (Å²) in [5, 5.41) is 3.25. The number of amides is 1. The average Bonchev–Trinajstić information content (AvgIpc) is 2.67. The maximum Gasteiger partial charge on any atom is 0.222 e. The molecular weight excluding hydrogens is 314 g/mol. The molecule has 0 unspecified atom stereocenters. The molecule has 0 spiro atoms. The molecule has 138 valence electrons. The lowest BCUT2D eigenvalue weighted by Crippen LogP contribution is -2.38. The van der Waals surface area contributed by atoms with Gasteiger partial charge in [-0.25, -0.2) is 9.97 Å². The summed E-state index contributed by atoms with van der Waals surface area (Å²) in [6.07, 6.45) is 9.33. The number of rotatable bonds is 6. The smallest absolute Gasteiger partial charge is 0.222 e. The Morgan fingerprint density at radius 3 is 2.84 bits per heavy atom. The van der Waals surface area contributed by atoms with Crippen molar-refractivity contribution in [1.29, 1.82) is 0 Å². The third kappa shape index (κ3) is 5.06. The minimum Gasteiger partial charge on any atom is -0.370 e. The maximum atomic E-state index is 12.4. The Morgan fingerprint density at radius 1 is 1.20 bits per heavy atom. The van der Waals surface area contributed by atoms with Crippen LogP contribution in [0.25, 0.3) is 0 Å². The SMILES string of the molecule is CCNc1cc(N2CCC[C@@H](CCC(=O)N3CCCCC3)C2)ncn1. The Morgan fingerprint density at radius 2 is 2.04 bits per heavy atom. The molecule has 0 aliphatic carbocycles. The lowest BCUT2D eigenvalue weighted by molar-refractivity contribution is -0.132. The van der Waals surface area contributed by atoms with Crippen molar-refractivity contribution in [2.24, 2.45) is 5.92 Å². The molecular formula is C19H31N5O. The first-order valence-electron chi connectivity index (χ1n) is 9.85. The zero-order valence-corrected chi connectivity index (χ0v) is 15.4. The van der Waals surface area contributed by atoms with Gasteiger partial charge in [0.05, 0.1) is 0 Å². The van der Waals surface area contributed by atoms with Crippen LogP contribution in [0.5, 0.6) is 0 Å². The van der Waals surface area contributed by atoms with Crippen LogP contribution in [0.15, 0.2) is 12.4 Å². The summed E-state index contributed by atoms with van der Waals surface area (Å²) in [6, 6.07) is 2.03. The highest BCUT2D eigenvalue weighted by Gasteiger charge is 2.23. The highest BCUT2D eigenvalue weighted by molar-refractivity contribution is 5.76. The van der Waals surface area contributed by atoms with Crippen LogP contribution in [0.2, 0.25) is 0 Å². The van der Waals surface area contributed by atoms with E-state index in [4.69, 9.17) is 0 Å². The van der Waals surface area contributed by atoms with Crippen LogP contribution in [-0.2, 0) is 4.79 Å². The van der Waals surface area contributed by atoms with Crippen molar-refractivity contribution in [3.8, 4) is 0 Å². The Hall–Kier alpha value is -1.85. The normalized spacial score (nSPS) is 21.2. The van der Waals surface area contributed by atoms with Gasteiger partial charge in [0.2, 0.25) is 5.91 Å². The molecule has 2 aliphatic heterocycles. The second kappa shape index (κ2) is 9.02. The van der Waals surface area contributed by atoms with E-state index in [2.05, 4.69) is 32.0 Å². The summed E-state index contributed by atoms with van der Waals surface area (Å²) in [4.78, 5) is 25.5. The minimum absolute atomic E-state index is 0.355. The zero-order valence-electron chi connectivity index (χ0n) is 15.4. The fraction of sp³-hybridized carbons (Fsp3) is 0.737. The van der Waals surface area contributed by atoms with E-state index in [0.29, 0.717) is 18.2 Å². The summed E-state index contributed by atoms with van der Waals surface area (Å²) in [7, 11) is 0. The standard InChI is InChI=1S/C19H31N5O/c1-2-20-17-13-18(22-15-21-17)24-12-6-7-16(14-24)8-9-19(25)23-10-4-3-5-11-23/h13,15-16H,2-12,14H2,1H3,(H,20,21,22)/t16-/m0/s1. The van der Waals surface area contributed by atoms with Crippen molar-refractivity contribution in [3.05, 3.63) is 12.4 Å². The summed E-state index contributed by atoms with van der Waals surface area (Å²) >= 11 is 0. The second-order valence-electron chi connectivity index (χ2n) is 7.23. The predicted octanol–water partition coefficient (Wildman–Crippen LogP) is 2.92. The van der Waals surface area contributed by atoms with Gasteiger partial charge >= 0.3 is 0 Å². The van der Waals surface area contributed by atoms with Gasteiger partial charge in [0, 0.05) is 45.2 Å². The van der Waals surface area contributed by atoms with Crippen LogP contribution < -0.4 is 10.2 Å². The summed E-state index contributed by atoms with van der Waals surface area (Å²) < 4.78 is 0. The van der Waals surface area contributed by atoms with Gasteiger partial charge in [-0.1, -0.05) is 0 Å². The molecule has 0 aromatic carbocycles. The van der Waals surface area contributed by atoms with Crippen molar-refractivity contribution in [2.75, 3.05) is 42.9 Å². The highest BCUT2D eigenvalue weighted by atomic mass is 16.2. The Bertz CT molecular complexity index is 559. The van der Waals surface area contributed by atoms with Gasteiger partial charge in [-0.3, -0.25) is 4.79 Å². The minimum atomic E-state index is 0.355. The van der Waals surface area contributed by atoms with Gasteiger partial charge in [0.1, 0.15) is 18.0 Å². The number of carbonyl (C=O) groups is 1. The summed E-state index contributed by atoms with van der Waals surface area (Å²) in [5.41, 5.74) is 0. The van der Waals surface area contributed by atoms with Crippen LogP contribution in [0, 0.1) is 5.92 Å². The first-order chi connectivity index (χ1) is 12.3. The molecule has 0 bridgehead atoms. The number of nitrogens with zero attached hydrogens (tertiary/aromatic N) is 4. The quantitative estimate of drug-likeness (QED) is 0.859. The molecule has 1 aromatic rings. The maximum absolute atomic E-state index is 12.4. The third-order valence-electron chi connectivity index (χ3n) is 5.33. The van der Waals surface area contributed by atoms with Gasteiger partial charge in [0.25, 0.3) is 0 Å². The molecule has 2 saturated heterocycles. The number of nitrogens with one attached hydrogen (secondary N) is 1. The number of anilines is 2. The molecule has 1 aromatic heterocycles. The van der Waals surface area contributed by atoms with E-state index < -0.39 is 0 Å². The van der Waals surface area contributed by atoms with E-state index in [1.165, 1.54) is 32.1 Å². The molecule has 1 amide bonds. The molecule has 1 atom stereocenters. The van der Waals surface area contributed by atoms with Crippen LogP contribution in [0.4, 0.5) is 11.6 Å². The molecule has 2 fully saturated rings. The van der Waals surface area contributed by atoms with Crippen LogP contribution in [0.3, 0.4) is 0 Å². The second-order valence-corrected chi connectivity index (χ2v) is 7.23. The number of aromatic nitrogens is 2. The molecule has 6 nitrogen and oxygen atoms in total. The third-order valence-corrected chi connectivity index (χ3v) is 5.33. The number of carbonyl (C=O) groups excluding carboxylic acids is 1. The molecule has 1 N–H and O–H groups in total. The number of piperidine rings is 2. The number of hydrogen-bond donors (Lipinski definition) is 1. The van der Waals surface area contributed by atoms with Crippen molar-refractivity contribution in [3.63, 3.8) is 0 Å². The lowest BCUT2D eigenvalue weighted by Gasteiger charge is -2.34. The molecule has 0 radical (unpaired) electrons. The van der Waals surface area contributed by atoms with Gasteiger partial charge in [-0.05, 0) is 51.4 Å². The van der Waals surface area contributed by atoms with Gasteiger partial charge in [0.15, 0.2) is 0 Å². The van der Waals surface area contributed by atoms with Gasteiger partial charge < -0.3 is 15.1 Å². The topological polar surface area (TPSA) is 61.4 Å². The van der Waals surface area contributed by atoms with Crippen LogP contribution in [0.1, 0.15) is 51.9 Å². The van der Waals surface area contributed by atoms with Gasteiger partial charge in [-0.15, -0.1) is 0 Å². The number of hydrogen-bond acceptors (Lipinski definition) is 5. The Balaban J connectivity index is 1.50. The monoisotopic (exact) mass is 345 g/mol. The van der Waals surface area contributed by atoms with E-state index in [1.54, 1.807) is 6.33 Å². The van der Waals surface area contributed by atoms with Crippen LogP contribution in [-0.4, -0.2) is 53.5 Å². The van der Waals surface area contributed by atoms with Crippen LogP contribution >= 0.6 is 0 Å². The Labute approximate surface area is 151 Å². The molecule has 0 saturated carbocycles. The average molecular weight is 345 g/mol. The fourth-order valence-corrected chi connectivity index (χ4v) is 3.94. The van der Waals surface area contributed by atoms with E-state index >= 15 is 0 Å². The van der Waals surface area contributed by atoms with Crippen molar-refractivity contribution < 1.29 is 4.79 Å². The van der Waals surface area contributed by atoms with Crippen molar-refractivity contribution in [2.45, 2.75) is 51.9 Å². The summed E-state index contributed by atoms with van der Waals surface area (Å²) in [5.74, 6) is 2.82. The van der Waals surface area contributed by atoms with Crippen molar-refractivity contribution >= 4 is 17.5 Å². The van der Waals surface area contributed by atoms with Crippen molar-refractivity contribution in [1.82, 2.24) is 14.9 Å². The van der Waals surface area contributed by atoms with E-state index in [-0.39, 0.29) is 0 Å². The van der Waals surface area contributed by atoms with Gasteiger partial charge in [-0.2, -0.15) is 0 Å². The molecule has 25 heavy (non-hydrogen) atoms. The summed E-state index contributed by atoms with van der Waals surface area (Å²) in [6.45, 7) is 6.89. The van der Waals surface area contributed by atoms with E-state index in [1.807, 2.05) is 6.07 Å². The molecule has 3 heterocycles. The zero-order chi connectivity index (χ0) is 17.5. The largest absolute Gasteiger partial charge is 0.370 e. The Kier molecular flexibility index (Phi) is 6.48. The fourth-order valence-electron chi connectivity index (χ4n) is 3.94. The number of likely N-dealkylation sites (tertiary alicyclic amines) is 1. The first-order valence-corrected chi connectivity index (χ1v) is 9.85. The first kappa shape index (κ1) is 18.0. The van der Waals surface area contributed by atoms with E-state index in [9.17, 15) is 4.79 Å². The molecule has 2 aliphatic rings. The van der Waals surface area contributed by atoms with E-state index in [0.717, 1.165) is 50.8 Å². The predicted molar refractivity (Wildman–Crippen MR) is 101 cm³/mol. The molecule has 3 rings (SSSR count). The molecule has 6 heteroatoms. The lowest BCUT2D eigenvalue weighted by atomic mass is 9.93. The highest BCUT2D eigenvalue weighted by Crippen LogP contribution is 2.26.